The van der Waals surface area contributed by atoms with Gasteiger partial charge in [0.1, 0.15) is 18.6 Å². The zero-order valence-corrected chi connectivity index (χ0v) is 11.3. The molecule has 2 rings (SSSR count). The van der Waals surface area contributed by atoms with Gasteiger partial charge in [-0.2, -0.15) is 13.2 Å². The Hall–Kier alpha value is -2.39. The SMILES string of the molecule is Nc1ncc([N+](=O)[O-])cc1C(=O)N(CC1CC1)CC(F)(F)F. The van der Waals surface area contributed by atoms with Crippen LogP contribution in [-0.4, -0.2) is 40.0 Å². The third kappa shape index (κ3) is 4.06. The second-order valence-corrected chi connectivity index (χ2v) is 5.13. The average molecular weight is 318 g/mol. The highest BCUT2D eigenvalue weighted by atomic mass is 19.4. The average Bonchev–Trinajstić information content (AvgIpc) is 3.20. The molecule has 0 bridgehead atoms. The molecule has 0 aliphatic heterocycles. The normalized spacial score (nSPS) is 14.7. The van der Waals surface area contributed by atoms with Crippen LogP contribution in [0.3, 0.4) is 0 Å². The number of carbonyl (C=O) groups is 1. The minimum Gasteiger partial charge on any atom is -0.383 e. The summed E-state index contributed by atoms with van der Waals surface area (Å²) in [7, 11) is 0. The van der Waals surface area contributed by atoms with E-state index in [1.54, 1.807) is 0 Å². The van der Waals surface area contributed by atoms with Gasteiger partial charge < -0.3 is 10.6 Å². The molecule has 120 valence electrons. The Kier molecular flexibility index (Phi) is 4.20. The second kappa shape index (κ2) is 5.78. The number of nitrogen functional groups attached to an aromatic ring is 1. The van der Waals surface area contributed by atoms with Crippen molar-refractivity contribution in [2.75, 3.05) is 18.8 Å². The number of amides is 1. The van der Waals surface area contributed by atoms with Gasteiger partial charge in [0, 0.05) is 12.6 Å². The van der Waals surface area contributed by atoms with Crippen LogP contribution in [0.4, 0.5) is 24.7 Å². The highest BCUT2D eigenvalue weighted by molar-refractivity contribution is 5.99. The Morgan fingerprint density at radius 1 is 1.50 bits per heavy atom. The van der Waals surface area contributed by atoms with Gasteiger partial charge in [0.15, 0.2) is 0 Å². The van der Waals surface area contributed by atoms with Crippen LogP contribution < -0.4 is 5.73 Å². The molecule has 10 heteroatoms. The summed E-state index contributed by atoms with van der Waals surface area (Å²) < 4.78 is 37.8. The number of aromatic nitrogens is 1. The van der Waals surface area contributed by atoms with Crippen molar-refractivity contribution in [1.82, 2.24) is 9.88 Å². The Bertz CT molecular complexity index is 602. The molecule has 1 aromatic rings. The van der Waals surface area contributed by atoms with Gasteiger partial charge in [0.05, 0.1) is 10.5 Å². The lowest BCUT2D eigenvalue weighted by Gasteiger charge is -2.24. The quantitative estimate of drug-likeness (QED) is 0.660. The lowest BCUT2D eigenvalue weighted by Crippen LogP contribution is -2.40. The first kappa shape index (κ1) is 16.0. The Morgan fingerprint density at radius 3 is 2.64 bits per heavy atom. The van der Waals surface area contributed by atoms with Gasteiger partial charge in [-0.25, -0.2) is 4.98 Å². The molecule has 1 saturated carbocycles. The number of hydrogen-bond acceptors (Lipinski definition) is 5. The zero-order valence-electron chi connectivity index (χ0n) is 11.3. The number of nitro groups is 1. The molecule has 0 unspecified atom stereocenters. The predicted octanol–water partition coefficient (Wildman–Crippen LogP) is 1.99. The smallest absolute Gasteiger partial charge is 0.383 e. The van der Waals surface area contributed by atoms with Gasteiger partial charge >= 0.3 is 6.18 Å². The van der Waals surface area contributed by atoms with Crippen LogP contribution in [0.15, 0.2) is 12.3 Å². The minimum absolute atomic E-state index is 0.0270. The summed E-state index contributed by atoms with van der Waals surface area (Å²) in [5, 5.41) is 10.7. The first-order chi connectivity index (χ1) is 10.2. The molecule has 0 aromatic carbocycles. The van der Waals surface area contributed by atoms with E-state index in [-0.39, 0.29) is 23.8 Å². The van der Waals surface area contributed by atoms with E-state index in [0.717, 1.165) is 25.1 Å². The second-order valence-electron chi connectivity index (χ2n) is 5.13. The fourth-order valence-electron chi connectivity index (χ4n) is 1.95. The number of hydrogen-bond donors (Lipinski definition) is 1. The number of anilines is 1. The highest BCUT2D eigenvalue weighted by Gasteiger charge is 2.37. The number of carbonyl (C=O) groups excluding carboxylic acids is 1. The molecule has 7 nitrogen and oxygen atoms in total. The molecule has 1 aliphatic rings. The topological polar surface area (TPSA) is 102 Å². The molecule has 0 atom stereocenters. The van der Waals surface area contributed by atoms with Crippen LogP contribution in [0.5, 0.6) is 0 Å². The maximum Gasteiger partial charge on any atom is 0.406 e. The number of rotatable bonds is 5. The van der Waals surface area contributed by atoms with Crippen molar-refractivity contribution in [3.63, 3.8) is 0 Å². The van der Waals surface area contributed by atoms with Crippen molar-refractivity contribution in [3.05, 3.63) is 27.9 Å². The standard InChI is InChI=1S/C12H13F3N4O3/c13-12(14,15)6-18(5-7-1-2-7)11(20)9-3-8(19(21)22)4-17-10(9)16/h3-4,7H,1-2,5-6H2,(H2,16,17). The van der Waals surface area contributed by atoms with Crippen LogP contribution in [0, 0.1) is 16.0 Å². The largest absolute Gasteiger partial charge is 0.406 e. The van der Waals surface area contributed by atoms with Crippen molar-refractivity contribution >= 4 is 17.4 Å². The number of nitrogens with two attached hydrogens (primary N) is 1. The van der Waals surface area contributed by atoms with Crippen molar-refractivity contribution in [1.29, 1.82) is 0 Å². The summed E-state index contributed by atoms with van der Waals surface area (Å²) in [5.74, 6) is -1.31. The van der Waals surface area contributed by atoms with Crippen molar-refractivity contribution < 1.29 is 22.9 Å². The lowest BCUT2D eigenvalue weighted by atomic mass is 10.2. The third-order valence-electron chi connectivity index (χ3n) is 3.18. The van der Waals surface area contributed by atoms with E-state index < -0.39 is 29.2 Å². The van der Waals surface area contributed by atoms with E-state index in [9.17, 15) is 28.1 Å². The maximum atomic E-state index is 12.6. The van der Waals surface area contributed by atoms with Gasteiger partial charge in [0.2, 0.25) is 0 Å². The van der Waals surface area contributed by atoms with E-state index in [1.165, 1.54) is 0 Å². The van der Waals surface area contributed by atoms with Gasteiger partial charge in [0.25, 0.3) is 11.6 Å². The third-order valence-corrected chi connectivity index (χ3v) is 3.18. The van der Waals surface area contributed by atoms with E-state index >= 15 is 0 Å². The van der Waals surface area contributed by atoms with Crippen LogP contribution in [0.1, 0.15) is 23.2 Å². The molecule has 0 saturated heterocycles. The molecular formula is C12H13F3N4O3. The van der Waals surface area contributed by atoms with E-state index in [4.69, 9.17) is 5.73 Å². The van der Waals surface area contributed by atoms with Crippen molar-refractivity contribution in [3.8, 4) is 0 Å². The molecule has 1 aliphatic carbocycles. The van der Waals surface area contributed by atoms with E-state index in [2.05, 4.69) is 4.98 Å². The first-order valence-corrected chi connectivity index (χ1v) is 6.43. The predicted molar refractivity (Wildman–Crippen MR) is 70.0 cm³/mol. The highest BCUT2D eigenvalue weighted by Crippen LogP contribution is 2.32. The number of nitrogens with zero attached hydrogens (tertiary/aromatic N) is 3. The first-order valence-electron chi connectivity index (χ1n) is 6.43. The number of alkyl halides is 3. The molecule has 22 heavy (non-hydrogen) atoms. The fraction of sp³-hybridized carbons (Fsp3) is 0.500. The van der Waals surface area contributed by atoms with Gasteiger partial charge in [-0.1, -0.05) is 0 Å². The summed E-state index contributed by atoms with van der Waals surface area (Å²) in [4.78, 5) is 26.3. The summed E-state index contributed by atoms with van der Waals surface area (Å²) in [6, 6.07) is 0.848. The summed E-state index contributed by atoms with van der Waals surface area (Å²) in [5.41, 5.74) is 4.58. The zero-order chi connectivity index (χ0) is 16.5. The molecule has 0 spiro atoms. The summed E-state index contributed by atoms with van der Waals surface area (Å²) >= 11 is 0. The summed E-state index contributed by atoms with van der Waals surface area (Å²) in [6.07, 6.45) is -2.21. The van der Waals surface area contributed by atoms with Gasteiger partial charge in [-0.15, -0.1) is 0 Å². The van der Waals surface area contributed by atoms with Crippen molar-refractivity contribution in [2.45, 2.75) is 19.0 Å². The monoisotopic (exact) mass is 318 g/mol. The molecule has 1 aromatic heterocycles. The van der Waals surface area contributed by atoms with Crippen molar-refractivity contribution in [2.24, 2.45) is 5.92 Å². The van der Waals surface area contributed by atoms with Gasteiger partial charge in [-0.05, 0) is 18.8 Å². The molecule has 0 radical (unpaired) electrons. The molecule has 1 fully saturated rings. The number of halogens is 3. The Morgan fingerprint density at radius 2 is 2.14 bits per heavy atom. The maximum absolute atomic E-state index is 12.6. The van der Waals surface area contributed by atoms with E-state index in [0.29, 0.717) is 4.90 Å². The van der Waals surface area contributed by atoms with Crippen LogP contribution in [0.2, 0.25) is 0 Å². The lowest BCUT2D eigenvalue weighted by molar-refractivity contribution is -0.385. The van der Waals surface area contributed by atoms with Gasteiger partial charge in [-0.3, -0.25) is 14.9 Å². The van der Waals surface area contributed by atoms with Crippen LogP contribution in [-0.2, 0) is 0 Å². The molecular weight excluding hydrogens is 305 g/mol. The molecule has 1 heterocycles. The van der Waals surface area contributed by atoms with E-state index in [1.807, 2.05) is 0 Å². The minimum atomic E-state index is -4.56. The number of pyridine rings is 1. The Labute approximate surface area is 123 Å². The fourth-order valence-corrected chi connectivity index (χ4v) is 1.95. The Balaban J connectivity index is 2.28. The van der Waals surface area contributed by atoms with Crippen LogP contribution in [0.25, 0.3) is 0 Å². The molecule has 1 amide bonds. The van der Waals surface area contributed by atoms with Crippen LogP contribution >= 0.6 is 0 Å². The summed E-state index contributed by atoms with van der Waals surface area (Å²) in [6.45, 7) is -1.48. The molecule has 2 N–H and O–H groups in total.